The molecular weight excluding hydrogens is 265 g/mol. The maximum Gasteiger partial charge on any atom is 0.309 e. The molecule has 0 fully saturated rings. The van der Waals surface area contributed by atoms with Crippen LogP contribution in [0.1, 0.15) is 46.5 Å². The Bertz CT molecular complexity index is 244. The molecule has 2 atom stereocenters. The second-order valence-electron chi connectivity index (χ2n) is 4.62. The van der Waals surface area contributed by atoms with E-state index in [0.29, 0.717) is 0 Å². The molecule has 0 rings (SSSR count). The lowest BCUT2D eigenvalue weighted by molar-refractivity contribution is -0.148. The Morgan fingerprint density at radius 1 is 1.28 bits per heavy atom. The van der Waals surface area contributed by atoms with Gasteiger partial charge in [-0.2, -0.15) is 0 Å². The van der Waals surface area contributed by atoms with Gasteiger partial charge in [0.05, 0.1) is 18.3 Å². The van der Waals surface area contributed by atoms with Gasteiger partial charge in [0.1, 0.15) is 0 Å². The summed E-state index contributed by atoms with van der Waals surface area (Å²) in [5.74, 6) is -2.57. The van der Waals surface area contributed by atoms with E-state index in [-0.39, 0.29) is 12.5 Å². The fourth-order valence-corrected chi connectivity index (χ4v) is 2.29. The van der Waals surface area contributed by atoms with Crippen LogP contribution in [0.5, 0.6) is 0 Å². The highest BCUT2D eigenvalue weighted by Gasteiger charge is 2.29. The van der Waals surface area contributed by atoms with E-state index in [4.69, 9.17) is 4.74 Å². The minimum Gasteiger partial charge on any atom is -0.465 e. The number of hydrogen-bond acceptors (Lipinski definition) is 2. The largest absolute Gasteiger partial charge is 0.465 e. The first kappa shape index (κ1) is 17.6. The van der Waals surface area contributed by atoms with Gasteiger partial charge in [-0.05, 0) is 12.3 Å². The lowest BCUT2D eigenvalue weighted by Crippen LogP contribution is -2.22. The lowest BCUT2D eigenvalue weighted by atomic mass is 10.0. The third-order valence-corrected chi connectivity index (χ3v) is 3.72. The molecule has 0 heterocycles. The number of ether oxygens (including phenoxy) is 1. The van der Waals surface area contributed by atoms with Crippen molar-refractivity contribution in [1.29, 1.82) is 0 Å². The highest BCUT2D eigenvalue weighted by molar-refractivity contribution is 8.20. The Kier molecular flexibility index (Phi) is 8.48. The topological polar surface area (TPSA) is 26.3 Å². The molecule has 2 nitrogen and oxygen atoms in total. The van der Waals surface area contributed by atoms with Crippen LogP contribution in [-0.4, -0.2) is 18.3 Å². The summed E-state index contributed by atoms with van der Waals surface area (Å²) in [5, 5.41) is 0. The third-order valence-electron chi connectivity index (χ3n) is 2.85. The van der Waals surface area contributed by atoms with Gasteiger partial charge in [-0.1, -0.05) is 40.0 Å². The summed E-state index contributed by atoms with van der Waals surface area (Å²) in [7, 11) is 0. The average molecular weight is 288 g/mol. The number of esters is 1. The maximum absolute atomic E-state index is 12.2. The summed E-state index contributed by atoms with van der Waals surface area (Å²) in [4.78, 5) is 11.4. The zero-order chi connectivity index (χ0) is 14.2. The summed E-state index contributed by atoms with van der Waals surface area (Å²) in [6, 6.07) is 0. The van der Waals surface area contributed by atoms with Crippen LogP contribution in [0, 0.1) is 11.8 Å². The summed E-state index contributed by atoms with van der Waals surface area (Å²) < 4.78 is 41.5. The molecule has 18 heavy (non-hydrogen) atoms. The SMILES string of the molecule is CCCCC(CC)COC(=O)C(C)CS(F)(F)F. The predicted octanol–water partition coefficient (Wildman–Crippen LogP) is 4.84. The smallest absolute Gasteiger partial charge is 0.309 e. The van der Waals surface area contributed by atoms with E-state index < -0.39 is 28.8 Å². The van der Waals surface area contributed by atoms with Gasteiger partial charge >= 0.3 is 5.97 Å². The molecular formula is C12H23F3O2S. The van der Waals surface area contributed by atoms with Crippen molar-refractivity contribution in [1.82, 2.24) is 0 Å². The summed E-state index contributed by atoms with van der Waals surface area (Å²) in [6.45, 7) is 5.59. The molecule has 0 saturated carbocycles. The van der Waals surface area contributed by atoms with E-state index in [0.717, 1.165) is 25.7 Å². The first-order valence-electron chi connectivity index (χ1n) is 6.36. The van der Waals surface area contributed by atoms with Crippen LogP contribution in [0.15, 0.2) is 0 Å². The fourth-order valence-electron chi connectivity index (χ4n) is 1.59. The van der Waals surface area contributed by atoms with Crippen molar-refractivity contribution >= 4 is 17.2 Å². The van der Waals surface area contributed by atoms with Gasteiger partial charge in [0.15, 0.2) is 0 Å². The molecule has 0 radical (unpaired) electrons. The fraction of sp³-hybridized carbons (Fsp3) is 0.917. The number of carbonyl (C=O) groups excluding carboxylic acids is 1. The molecule has 0 aliphatic heterocycles. The van der Waals surface area contributed by atoms with Crippen LogP contribution in [0.2, 0.25) is 0 Å². The zero-order valence-corrected chi connectivity index (χ0v) is 12.1. The van der Waals surface area contributed by atoms with Crippen LogP contribution < -0.4 is 0 Å². The number of hydrogen-bond donors (Lipinski definition) is 0. The Hall–Kier alpha value is -0.390. The highest BCUT2D eigenvalue weighted by atomic mass is 32.3. The van der Waals surface area contributed by atoms with Crippen molar-refractivity contribution in [3.05, 3.63) is 0 Å². The first-order valence-corrected chi connectivity index (χ1v) is 7.86. The zero-order valence-electron chi connectivity index (χ0n) is 11.3. The van der Waals surface area contributed by atoms with Gasteiger partial charge < -0.3 is 4.74 Å². The van der Waals surface area contributed by atoms with Gasteiger partial charge in [-0.15, -0.1) is 11.7 Å². The van der Waals surface area contributed by atoms with Crippen molar-refractivity contribution < 1.29 is 21.2 Å². The monoisotopic (exact) mass is 288 g/mol. The van der Waals surface area contributed by atoms with E-state index in [1.165, 1.54) is 6.92 Å². The second kappa shape index (κ2) is 8.67. The van der Waals surface area contributed by atoms with Crippen LogP contribution >= 0.6 is 11.2 Å². The summed E-state index contributed by atoms with van der Waals surface area (Å²) >= 11 is -5.13. The van der Waals surface area contributed by atoms with Gasteiger partial charge in [0.2, 0.25) is 11.2 Å². The average Bonchev–Trinajstić information content (AvgIpc) is 2.26. The molecule has 0 aliphatic rings. The molecule has 0 saturated heterocycles. The Labute approximate surface area is 109 Å². The van der Waals surface area contributed by atoms with E-state index in [1.54, 1.807) is 0 Å². The van der Waals surface area contributed by atoms with Gasteiger partial charge in [-0.3, -0.25) is 4.79 Å². The summed E-state index contributed by atoms with van der Waals surface area (Å²) in [5.41, 5.74) is 0. The molecule has 0 aromatic carbocycles. The quantitative estimate of drug-likeness (QED) is 0.567. The van der Waals surface area contributed by atoms with Crippen molar-refractivity contribution in [2.24, 2.45) is 11.8 Å². The minimum atomic E-state index is -5.13. The van der Waals surface area contributed by atoms with Gasteiger partial charge in [0, 0.05) is 0 Å². The molecule has 0 aromatic heterocycles. The maximum atomic E-state index is 12.2. The molecule has 0 aliphatic carbocycles. The van der Waals surface area contributed by atoms with E-state index in [2.05, 4.69) is 6.92 Å². The third kappa shape index (κ3) is 8.66. The number of halogens is 3. The van der Waals surface area contributed by atoms with Crippen molar-refractivity contribution in [3.8, 4) is 0 Å². The van der Waals surface area contributed by atoms with Crippen LogP contribution in [-0.2, 0) is 9.53 Å². The first-order chi connectivity index (χ1) is 8.30. The highest BCUT2D eigenvalue weighted by Crippen LogP contribution is 2.54. The summed E-state index contributed by atoms with van der Waals surface area (Å²) in [6.07, 6.45) is 3.96. The number of carbonyl (C=O) groups is 1. The van der Waals surface area contributed by atoms with Crippen molar-refractivity contribution in [2.75, 3.05) is 12.4 Å². The Morgan fingerprint density at radius 3 is 2.33 bits per heavy atom. The lowest BCUT2D eigenvalue weighted by Gasteiger charge is -2.18. The molecule has 2 unspecified atom stereocenters. The van der Waals surface area contributed by atoms with Crippen molar-refractivity contribution in [2.45, 2.75) is 46.5 Å². The Balaban J connectivity index is 3.99. The van der Waals surface area contributed by atoms with E-state index in [1.807, 2.05) is 6.92 Å². The normalized spacial score (nSPS) is 16.1. The van der Waals surface area contributed by atoms with Gasteiger partial charge in [0.25, 0.3) is 0 Å². The van der Waals surface area contributed by atoms with E-state index in [9.17, 15) is 16.5 Å². The molecule has 110 valence electrons. The second-order valence-corrected chi connectivity index (χ2v) is 5.95. The molecule has 0 amide bonds. The van der Waals surface area contributed by atoms with E-state index >= 15 is 0 Å². The molecule has 0 spiro atoms. The van der Waals surface area contributed by atoms with Crippen LogP contribution in [0.4, 0.5) is 11.7 Å². The minimum absolute atomic E-state index is 0.243. The molecule has 6 heteroatoms. The van der Waals surface area contributed by atoms with Crippen LogP contribution in [0.25, 0.3) is 0 Å². The predicted molar refractivity (Wildman–Crippen MR) is 69.2 cm³/mol. The molecule has 0 N–H and O–H groups in total. The number of unbranched alkanes of at least 4 members (excludes halogenated alkanes) is 1. The Morgan fingerprint density at radius 2 is 1.89 bits per heavy atom. The van der Waals surface area contributed by atoms with Crippen molar-refractivity contribution in [3.63, 3.8) is 0 Å². The standard InChI is InChI=1S/C12H23F3O2S/c1-4-6-7-11(5-2)8-17-12(16)10(3)9-18(13,14)15/h10-11H,4-9H2,1-3H3. The molecule has 0 aromatic rings. The van der Waals surface area contributed by atoms with Crippen LogP contribution in [0.3, 0.4) is 0 Å². The number of rotatable bonds is 9. The molecule has 0 bridgehead atoms. The van der Waals surface area contributed by atoms with Gasteiger partial charge in [-0.25, -0.2) is 0 Å².